The minimum atomic E-state index is -3.70. The maximum Gasteiger partial charge on any atom is 0.308 e. The van der Waals surface area contributed by atoms with Crippen molar-refractivity contribution in [2.24, 2.45) is 5.14 Å². The van der Waals surface area contributed by atoms with Gasteiger partial charge in [0.25, 0.3) is 0 Å². The maximum absolute atomic E-state index is 12.0. The van der Waals surface area contributed by atoms with Crippen molar-refractivity contribution in [3.63, 3.8) is 0 Å². The summed E-state index contributed by atoms with van der Waals surface area (Å²) >= 11 is 1.17. The number of hydrogen-bond acceptors (Lipinski definition) is 5. The SMILES string of the molecule is NS(=O)(=O)c1ccc(CCNC(=O)CCn2c(=O)sc3ccccc32)cc1. The molecule has 0 saturated carbocycles. The maximum atomic E-state index is 12.0. The molecule has 1 amide bonds. The molecule has 0 aliphatic carbocycles. The quantitative estimate of drug-likeness (QED) is 0.620. The molecule has 2 aromatic carbocycles. The van der Waals surface area contributed by atoms with Crippen LogP contribution < -0.4 is 15.3 Å². The summed E-state index contributed by atoms with van der Waals surface area (Å²) in [7, 11) is -3.70. The Morgan fingerprint density at radius 3 is 2.52 bits per heavy atom. The number of rotatable bonds is 7. The van der Waals surface area contributed by atoms with Crippen LogP contribution in [0.15, 0.2) is 58.2 Å². The molecule has 0 bridgehead atoms. The zero-order chi connectivity index (χ0) is 19.4. The van der Waals surface area contributed by atoms with Gasteiger partial charge in [0.2, 0.25) is 15.9 Å². The van der Waals surface area contributed by atoms with E-state index in [0.717, 1.165) is 15.8 Å². The second-order valence-electron chi connectivity index (χ2n) is 6.03. The summed E-state index contributed by atoms with van der Waals surface area (Å²) in [5.41, 5.74) is 1.73. The number of para-hydroxylation sites is 1. The second kappa shape index (κ2) is 8.03. The van der Waals surface area contributed by atoms with Crippen molar-refractivity contribution in [3.05, 3.63) is 63.8 Å². The summed E-state index contributed by atoms with van der Waals surface area (Å²) in [4.78, 5) is 24.1. The Labute approximate surface area is 160 Å². The van der Waals surface area contributed by atoms with Crippen LogP contribution in [-0.4, -0.2) is 25.4 Å². The van der Waals surface area contributed by atoms with Gasteiger partial charge in [-0.05, 0) is 36.2 Å². The lowest BCUT2D eigenvalue weighted by molar-refractivity contribution is -0.121. The Hall–Kier alpha value is -2.49. The Morgan fingerprint density at radius 2 is 1.81 bits per heavy atom. The van der Waals surface area contributed by atoms with E-state index >= 15 is 0 Å². The van der Waals surface area contributed by atoms with Gasteiger partial charge in [-0.1, -0.05) is 35.6 Å². The highest BCUT2D eigenvalue weighted by Crippen LogP contribution is 2.16. The smallest absolute Gasteiger partial charge is 0.308 e. The minimum absolute atomic E-state index is 0.0590. The standard InChI is InChI=1S/C18H19N3O4S2/c19-27(24,25)14-7-5-13(6-8-14)9-11-20-17(22)10-12-21-15-3-1-2-4-16(15)26-18(21)23/h1-8H,9-12H2,(H,20,22)(H2,19,24,25). The molecular formula is C18H19N3O4S2. The Bertz CT molecular complexity index is 1120. The molecule has 142 valence electrons. The molecule has 0 radical (unpaired) electrons. The lowest BCUT2D eigenvalue weighted by atomic mass is 10.1. The first-order valence-electron chi connectivity index (χ1n) is 8.31. The number of thiazole rings is 1. The number of hydrogen-bond donors (Lipinski definition) is 2. The van der Waals surface area contributed by atoms with E-state index in [1.807, 2.05) is 24.3 Å². The molecular weight excluding hydrogens is 386 g/mol. The molecule has 3 N–H and O–H groups in total. The van der Waals surface area contributed by atoms with Gasteiger partial charge < -0.3 is 5.32 Å². The van der Waals surface area contributed by atoms with Crippen LogP contribution in [0.25, 0.3) is 10.2 Å². The summed E-state index contributed by atoms with van der Waals surface area (Å²) in [5.74, 6) is -0.140. The van der Waals surface area contributed by atoms with E-state index in [4.69, 9.17) is 5.14 Å². The molecule has 0 spiro atoms. The summed E-state index contributed by atoms with van der Waals surface area (Å²) in [5, 5.41) is 7.87. The number of aromatic nitrogens is 1. The van der Waals surface area contributed by atoms with Crippen molar-refractivity contribution in [1.82, 2.24) is 9.88 Å². The zero-order valence-corrected chi connectivity index (χ0v) is 16.1. The molecule has 27 heavy (non-hydrogen) atoms. The van der Waals surface area contributed by atoms with Crippen molar-refractivity contribution in [2.45, 2.75) is 24.3 Å². The minimum Gasteiger partial charge on any atom is -0.356 e. The normalized spacial score (nSPS) is 11.6. The van der Waals surface area contributed by atoms with E-state index < -0.39 is 10.0 Å². The van der Waals surface area contributed by atoms with Gasteiger partial charge >= 0.3 is 4.87 Å². The highest BCUT2D eigenvalue weighted by atomic mass is 32.2. The Morgan fingerprint density at radius 1 is 1.11 bits per heavy atom. The lowest BCUT2D eigenvalue weighted by Gasteiger charge is -2.07. The van der Waals surface area contributed by atoms with Gasteiger partial charge in [0, 0.05) is 19.5 Å². The zero-order valence-electron chi connectivity index (χ0n) is 14.4. The van der Waals surface area contributed by atoms with Crippen LogP contribution in [0.4, 0.5) is 0 Å². The molecule has 7 nitrogen and oxygen atoms in total. The van der Waals surface area contributed by atoms with Gasteiger partial charge in [-0.3, -0.25) is 14.2 Å². The molecule has 0 atom stereocenters. The van der Waals surface area contributed by atoms with Crippen LogP contribution in [-0.2, 0) is 27.8 Å². The molecule has 0 unspecified atom stereocenters. The van der Waals surface area contributed by atoms with Crippen molar-refractivity contribution < 1.29 is 13.2 Å². The molecule has 0 fully saturated rings. The number of nitrogens with two attached hydrogens (primary N) is 1. The first-order valence-corrected chi connectivity index (χ1v) is 10.7. The van der Waals surface area contributed by atoms with Crippen LogP contribution in [0.1, 0.15) is 12.0 Å². The fourth-order valence-electron chi connectivity index (χ4n) is 2.72. The van der Waals surface area contributed by atoms with Crippen molar-refractivity contribution in [1.29, 1.82) is 0 Å². The molecule has 0 aliphatic heterocycles. The van der Waals surface area contributed by atoms with E-state index in [1.54, 1.807) is 16.7 Å². The molecule has 9 heteroatoms. The number of carbonyl (C=O) groups is 1. The average Bonchev–Trinajstić information content (AvgIpc) is 2.95. The number of fused-ring (bicyclic) bond motifs is 1. The fourth-order valence-corrected chi connectivity index (χ4v) is 4.15. The predicted molar refractivity (Wildman–Crippen MR) is 105 cm³/mol. The van der Waals surface area contributed by atoms with E-state index in [1.165, 1.54) is 23.5 Å². The van der Waals surface area contributed by atoms with E-state index in [9.17, 15) is 18.0 Å². The Balaban J connectivity index is 1.50. The Kier molecular flexibility index (Phi) is 5.73. The molecule has 1 heterocycles. The van der Waals surface area contributed by atoms with Gasteiger partial charge in [-0.2, -0.15) is 0 Å². The summed E-state index contributed by atoms with van der Waals surface area (Å²) < 4.78 is 25.0. The van der Waals surface area contributed by atoms with Crippen molar-refractivity contribution in [2.75, 3.05) is 6.54 Å². The van der Waals surface area contributed by atoms with E-state index in [-0.39, 0.29) is 22.1 Å². The molecule has 0 aliphatic rings. The molecule has 3 aromatic rings. The third-order valence-electron chi connectivity index (χ3n) is 4.12. The molecule has 1 aromatic heterocycles. The first kappa shape index (κ1) is 19.3. The number of carbonyl (C=O) groups excluding carboxylic acids is 1. The highest BCUT2D eigenvalue weighted by Gasteiger charge is 2.09. The number of primary sulfonamides is 1. The monoisotopic (exact) mass is 405 g/mol. The second-order valence-corrected chi connectivity index (χ2v) is 8.58. The van der Waals surface area contributed by atoms with E-state index in [2.05, 4.69) is 5.32 Å². The lowest BCUT2D eigenvalue weighted by Crippen LogP contribution is -2.27. The van der Waals surface area contributed by atoms with Crippen molar-refractivity contribution >= 4 is 37.5 Å². The fraction of sp³-hybridized carbons (Fsp3) is 0.222. The van der Waals surface area contributed by atoms with Gasteiger partial charge in [0.05, 0.1) is 15.1 Å². The van der Waals surface area contributed by atoms with Gasteiger partial charge in [-0.15, -0.1) is 0 Å². The summed E-state index contributed by atoms with van der Waals surface area (Å²) in [6.07, 6.45) is 0.781. The van der Waals surface area contributed by atoms with E-state index in [0.29, 0.717) is 19.5 Å². The average molecular weight is 406 g/mol. The summed E-state index contributed by atoms with van der Waals surface area (Å²) in [6, 6.07) is 13.7. The van der Waals surface area contributed by atoms with Crippen LogP contribution in [0.2, 0.25) is 0 Å². The number of nitrogens with one attached hydrogen (secondary N) is 1. The first-order chi connectivity index (χ1) is 12.8. The topological polar surface area (TPSA) is 111 Å². The van der Waals surface area contributed by atoms with Gasteiger partial charge in [-0.25, -0.2) is 13.6 Å². The van der Waals surface area contributed by atoms with Crippen LogP contribution in [0.3, 0.4) is 0 Å². The largest absolute Gasteiger partial charge is 0.356 e. The van der Waals surface area contributed by atoms with Gasteiger partial charge in [0.15, 0.2) is 0 Å². The van der Waals surface area contributed by atoms with Crippen LogP contribution in [0.5, 0.6) is 0 Å². The van der Waals surface area contributed by atoms with Crippen LogP contribution in [0, 0.1) is 0 Å². The van der Waals surface area contributed by atoms with Crippen molar-refractivity contribution in [3.8, 4) is 0 Å². The third-order valence-corrected chi connectivity index (χ3v) is 6.01. The molecule has 0 saturated heterocycles. The van der Waals surface area contributed by atoms with Gasteiger partial charge in [0.1, 0.15) is 0 Å². The molecule has 3 rings (SSSR count). The predicted octanol–water partition coefficient (Wildman–Crippen LogP) is 1.46. The highest BCUT2D eigenvalue weighted by molar-refractivity contribution is 7.89. The number of benzene rings is 2. The number of amides is 1. The number of aryl methyl sites for hydroxylation is 1. The summed E-state index contributed by atoms with van der Waals surface area (Å²) in [6.45, 7) is 0.755. The number of sulfonamides is 1. The number of nitrogens with zero attached hydrogens (tertiary/aromatic N) is 1. The van der Waals surface area contributed by atoms with Crippen LogP contribution >= 0.6 is 11.3 Å². The third kappa shape index (κ3) is 4.82.